The molecule has 0 saturated heterocycles. The van der Waals surface area contributed by atoms with Crippen molar-refractivity contribution in [1.29, 1.82) is 5.41 Å². The van der Waals surface area contributed by atoms with Gasteiger partial charge in [0.2, 0.25) is 0 Å². The number of hydrogen-bond donors (Lipinski definition) is 2. The number of hydrogen-bond acceptors (Lipinski definition) is 5. The van der Waals surface area contributed by atoms with Crippen LogP contribution in [0.3, 0.4) is 0 Å². The largest absolute Gasteiger partial charge is 0.481 e. The molecule has 1 aliphatic heterocycles. The number of carbonyl (C=O) groups is 1. The number of carbonyl (C=O) groups excluding carboxylic acids is 1. The number of anilines is 2. The van der Waals surface area contributed by atoms with Crippen molar-refractivity contribution in [3.8, 4) is 5.75 Å². The maximum absolute atomic E-state index is 12.1. The van der Waals surface area contributed by atoms with Gasteiger partial charge < -0.3 is 19.9 Å². The fraction of sp³-hybridized carbons (Fsp3) is 0.294. The van der Waals surface area contributed by atoms with Gasteiger partial charge in [-0.25, -0.2) is 0 Å². The Balaban J connectivity index is 1.78. The van der Waals surface area contributed by atoms with Gasteiger partial charge in [-0.05, 0) is 37.7 Å². The van der Waals surface area contributed by atoms with Crippen LogP contribution in [0.15, 0.2) is 35.7 Å². The number of benzene rings is 1. The smallest absolute Gasteiger partial charge is 0.265 e. The van der Waals surface area contributed by atoms with E-state index in [-0.39, 0.29) is 12.5 Å². The molecule has 0 atom stereocenters. The first kappa shape index (κ1) is 16.5. The Kier molecular flexibility index (Phi) is 4.82. The van der Waals surface area contributed by atoms with E-state index < -0.39 is 0 Å². The zero-order chi connectivity index (χ0) is 17.1. The molecule has 2 aromatic rings. The summed E-state index contributed by atoms with van der Waals surface area (Å²) in [6.07, 6.45) is 0. The monoisotopic (exact) mass is 344 g/mol. The highest BCUT2D eigenvalue weighted by Crippen LogP contribution is 2.34. The highest BCUT2D eigenvalue weighted by Gasteiger charge is 2.25. The van der Waals surface area contributed by atoms with Crippen LogP contribution in [0.2, 0.25) is 0 Å². The van der Waals surface area contributed by atoms with Crippen molar-refractivity contribution in [2.45, 2.75) is 0 Å². The van der Waals surface area contributed by atoms with Gasteiger partial charge in [0, 0.05) is 24.8 Å². The third-order valence-electron chi connectivity index (χ3n) is 3.71. The fourth-order valence-corrected chi connectivity index (χ4v) is 3.08. The van der Waals surface area contributed by atoms with E-state index in [4.69, 9.17) is 10.1 Å². The summed E-state index contributed by atoms with van der Waals surface area (Å²) in [5.41, 5.74) is 1.55. The van der Waals surface area contributed by atoms with Gasteiger partial charge in [0.1, 0.15) is 11.6 Å². The van der Waals surface area contributed by atoms with E-state index in [1.807, 2.05) is 54.7 Å². The molecule has 0 aliphatic carbocycles. The van der Waals surface area contributed by atoms with Crippen molar-refractivity contribution in [3.05, 3.63) is 40.6 Å². The van der Waals surface area contributed by atoms with Crippen molar-refractivity contribution < 1.29 is 9.53 Å². The summed E-state index contributed by atoms with van der Waals surface area (Å²) in [7, 11) is 3.96. The standard InChI is InChI=1S/C17H20N4O2S/c1-20(2)7-8-21-13-6-5-12(10-14(13)23-11-16(21)22)19-17(18)15-4-3-9-24-15/h3-6,9-10H,7-8,11H2,1-2H3,(H2,18,19). The molecule has 0 saturated carbocycles. The van der Waals surface area contributed by atoms with Crippen LogP contribution in [0, 0.1) is 5.41 Å². The van der Waals surface area contributed by atoms with E-state index in [2.05, 4.69) is 5.32 Å². The molecule has 2 heterocycles. The first-order chi connectivity index (χ1) is 11.5. The van der Waals surface area contributed by atoms with E-state index in [0.29, 0.717) is 18.1 Å². The van der Waals surface area contributed by atoms with E-state index >= 15 is 0 Å². The van der Waals surface area contributed by atoms with E-state index in [0.717, 1.165) is 22.8 Å². The lowest BCUT2D eigenvalue weighted by Crippen LogP contribution is -2.42. The number of likely N-dealkylation sites (N-methyl/N-ethyl adjacent to an activating group) is 1. The van der Waals surface area contributed by atoms with Crippen LogP contribution in [0.4, 0.5) is 11.4 Å². The third-order valence-corrected chi connectivity index (χ3v) is 4.60. The molecule has 0 unspecified atom stereocenters. The summed E-state index contributed by atoms with van der Waals surface area (Å²) in [6, 6.07) is 9.39. The number of amides is 1. The Morgan fingerprint density at radius 2 is 2.25 bits per heavy atom. The maximum Gasteiger partial charge on any atom is 0.265 e. The van der Waals surface area contributed by atoms with Crippen molar-refractivity contribution in [2.24, 2.45) is 0 Å². The number of ether oxygens (including phenoxy) is 1. The lowest BCUT2D eigenvalue weighted by molar-refractivity contribution is -0.121. The summed E-state index contributed by atoms with van der Waals surface area (Å²) >= 11 is 1.51. The third kappa shape index (κ3) is 3.58. The van der Waals surface area contributed by atoms with Crippen LogP contribution in [-0.4, -0.2) is 50.4 Å². The number of thiophene rings is 1. The Bertz CT molecular complexity index is 743. The molecule has 6 nitrogen and oxygen atoms in total. The Morgan fingerprint density at radius 3 is 2.96 bits per heavy atom. The molecule has 0 radical (unpaired) electrons. The van der Waals surface area contributed by atoms with Crippen LogP contribution in [0.5, 0.6) is 5.75 Å². The highest BCUT2D eigenvalue weighted by atomic mass is 32.1. The molecule has 3 rings (SSSR count). The van der Waals surface area contributed by atoms with Gasteiger partial charge in [0.15, 0.2) is 6.61 Å². The average Bonchev–Trinajstić information content (AvgIpc) is 3.08. The number of amidine groups is 1. The van der Waals surface area contributed by atoms with Crippen molar-refractivity contribution in [3.63, 3.8) is 0 Å². The topological polar surface area (TPSA) is 68.7 Å². The first-order valence-electron chi connectivity index (χ1n) is 7.66. The molecule has 7 heteroatoms. The Labute approximate surface area is 145 Å². The van der Waals surface area contributed by atoms with Gasteiger partial charge in [-0.15, -0.1) is 11.3 Å². The number of fused-ring (bicyclic) bond motifs is 1. The predicted molar refractivity (Wildman–Crippen MR) is 97.6 cm³/mol. The minimum atomic E-state index is -0.0311. The Hall–Kier alpha value is -2.38. The lowest BCUT2D eigenvalue weighted by Gasteiger charge is -2.30. The van der Waals surface area contributed by atoms with Gasteiger partial charge in [0.25, 0.3) is 5.91 Å². The molecule has 0 spiro atoms. The number of nitrogens with zero attached hydrogens (tertiary/aromatic N) is 2. The van der Waals surface area contributed by atoms with Gasteiger partial charge in [-0.2, -0.15) is 0 Å². The minimum absolute atomic E-state index is 0.0311. The summed E-state index contributed by atoms with van der Waals surface area (Å²) < 4.78 is 5.57. The maximum atomic E-state index is 12.1. The summed E-state index contributed by atoms with van der Waals surface area (Å²) in [5, 5.41) is 13.1. The summed E-state index contributed by atoms with van der Waals surface area (Å²) in [5.74, 6) is 0.982. The second kappa shape index (κ2) is 7.02. The second-order valence-corrected chi connectivity index (χ2v) is 6.74. The molecule has 1 amide bonds. The second-order valence-electron chi connectivity index (χ2n) is 5.80. The number of nitrogens with one attached hydrogen (secondary N) is 2. The summed E-state index contributed by atoms with van der Waals surface area (Å²) in [4.78, 5) is 16.8. The quantitative estimate of drug-likeness (QED) is 0.646. The first-order valence-corrected chi connectivity index (χ1v) is 8.54. The molecule has 1 aliphatic rings. The van der Waals surface area contributed by atoms with Crippen LogP contribution in [0.1, 0.15) is 4.88 Å². The van der Waals surface area contributed by atoms with Gasteiger partial charge in [-0.3, -0.25) is 10.2 Å². The van der Waals surface area contributed by atoms with Gasteiger partial charge >= 0.3 is 0 Å². The SMILES string of the molecule is CN(C)CCN1C(=O)COc2cc(NC(=N)c3cccs3)ccc21. The Morgan fingerprint density at radius 1 is 1.42 bits per heavy atom. The molecule has 0 bridgehead atoms. The van der Waals surface area contributed by atoms with E-state index in [9.17, 15) is 4.79 Å². The molecular weight excluding hydrogens is 324 g/mol. The minimum Gasteiger partial charge on any atom is -0.481 e. The van der Waals surface area contributed by atoms with Crippen LogP contribution in [0.25, 0.3) is 0 Å². The molecular formula is C17H20N4O2S. The van der Waals surface area contributed by atoms with Crippen molar-refractivity contribution in [2.75, 3.05) is 44.0 Å². The zero-order valence-electron chi connectivity index (χ0n) is 13.7. The normalized spacial score (nSPS) is 13.6. The van der Waals surface area contributed by atoms with Crippen LogP contribution in [-0.2, 0) is 4.79 Å². The zero-order valence-corrected chi connectivity index (χ0v) is 14.5. The number of rotatable bonds is 5. The van der Waals surface area contributed by atoms with E-state index in [1.165, 1.54) is 11.3 Å². The molecule has 0 fully saturated rings. The van der Waals surface area contributed by atoms with Gasteiger partial charge in [-0.1, -0.05) is 6.07 Å². The molecule has 24 heavy (non-hydrogen) atoms. The van der Waals surface area contributed by atoms with Gasteiger partial charge in [0.05, 0.1) is 10.6 Å². The molecule has 1 aromatic heterocycles. The van der Waals surface area contributed by atoms with E-state index in [1.54, 1.807) is 4.90 Å². The predicted octanol–water partition coefficient (Wildman–Crippen LogP) is 2.47. The highest BCUT2D eigenvalue weighted by molar-refractivity contribution is 7.12. The lowest BCUT2D eigenvalue weighted by atomic mass is 10.2. The van der Waals surface area contributed by atoms with Crippen LogP contribution < -0.4 is 15.0 Å². The molecule has 126 valence electrons. The van der Waals surface area contributed by atoms with Crippen LogP contribution >= 0.6 is 11.3 Å². The summed E-state index contributed by atoms with van der Waals surface area (Å²) in [6.45, 7) is 1.46. The van der Waals surface area contributed by atoms with Crippen molar-refractivity contribution in [1.82, 2.24) is 4.90 Å². The molecule has 1 aromatic carbocycles. The average molecular weight is 344 g/mol. The fourth-order valence-electron chi connectivity index (χ4n) is 2.45. The molecule has 2 N–H and O–H groups in total. The van der Waals surface area contributed by atoms with Crippen molar-refractivity contribution >= 4 is 34.5 Å².